The summed E-state index contributed by atoms with van der Waals surface area (Å²) in [6.07, 6.45) is 0.0138. The van der Waals surface area contributed by atoms with E-state index in [1.807, 2.05) is 19.1 Å². The second kappa shape index (κ2) is 5.75. The maximum atomic E-state index is 6.11. The minimum Gasteiger partial charge on any atom is -0.488 e. The van der Waals surface area contributed by atoms with Crippen molar-refractivity contribution in [2.45, 2.75) is 59.6 Å². The van der Waals surface area contributed by atoms with Crippen LogP contribution in [0.25, 0.3) is 0 Å². The predicted octanol–water partition coefficient (Wildman–Crippen LogP) is 3.95. The summed E-state index contributed by atoms with van der Waals surface area (Å²) in [5.41, 5.74) is 7.37. The number of rotatable bonds is 4. The molecule has 102 valence electrons. The van der Waals surface area contributed by atoms with Crippen molar-refractivity contribution in [3.63, 3.8) is 0 Å². The first kappa shape index (κ1) is 15.0. The third-order valence-electron chi connectivity index (χ3n) is 3.12. The van der Waals surface area contributed by atoms with Crippen LogP contribution in [-0.2, 0) is 0 Å². The Labute approximate surface area is 112 Å². The maximum Gasteiger partial charge on any atom is 0.120 e. The lowest BCUT2D eigenvalue weighted by atomic mass is 9.85. The Bertz CT molecular complexity index is 377. The highest BCUT2D eigenvalue weighted by Gasteiger charge is 2.29. The van der Waals surface area contributed by atoms with E-state index in [4.69, 9.17) is 10.5 Å². The zero-order valence-electron chi connectivity index (χ0n) is 12.5. The van der Waals surface area contributed by atoms with Crippen molar-refractivity contribution < 1.29 is 4.74 Å². The first-order valence-corrected chi connectivity index (χ1v) is 6.74. The molecule has 1 aromatic rings. The molecular weight excluding hydrogens is 222 g/mol. The molecule has 18 heavy (non-hydrogen) atoms. The fourth-order valence-corrected chi connectivity index (χ4v) is 2.17. The van der Waals surface area contributed by atoms with Gasteiger partial charge in [-0.05, 0) is 30.5 Å². The molecule has 0 radical (unpaired) electrons. The molecule has 0 fully saturated rings. The van der Waals surface area contributed by atoms with Crippen LogP contribution < -0.4 is 10.5 Å². The number of ether oxygens (including phenoxy) is 1. The van der Waals surface area contributed by atoms with Gasteiger partial charge in [0.15, 0.2) is 0 Å². The highest BCUT2D eigenvalue weighted by molar-refractivity contribution is 5.30. The molecule has 0 bridgehead atoms. The molecule has 0 spiro atoms. The normalized spacial score (nSPS) is 15.6. The zero-order valence-corrected chi connectivity index (χ0v) is 12.5. The molecule has 2 N–H and O–H groups in total. The van der Waals surface area contributed by atoms with Gasteiger partial charge in [-0.1, -0.05) is 46.8 Å². The van der Waals surface area contributed by atoms with E-state index < -0.39 is 0 Å². The van der Waals surface area contributed by atoms with Gasteiger partial charge in [0.2, 0.25) is 0 Å². The molecule has 1 aromatic carbocycles. The van der Waals surface area contributed by atoms with Gasteiger partial charge < -0.3 is 10.5 Å². The molecule has 0 aliphatic carbocycles. The van der Waals surface area contributed by atoms with Crippen molar-refractivity contribution in [1.82, 2.24) is 0 Å². The van der Waals surface area contributed by atoms with Crippen LogP contribution >= 0.6 is 0 Å². The van der Waals surface area contributed by atoms with E-state index in [-0.39, 0.29) is 17.6 Å². The molecule has 0 heterocycles. The second-order valence-electron chi connectivity index (χ2n) is 6.49. The number of hydrogen-bond donors (Lipinski definition) is 1. The summed E-state index contributed by atoms with van der Waals surface area (Å²) in [5, 5.41) is 0. The van der Waals surface area contributed by atoms with Gasteiger partial charge in [0.05, 0.1) is 0 Å². The molecule has 0 aliphatic heterocycles. The molecule has 2 unspecified atom stereocenters. The van der Waals surface area contributed by atoms with Crippen molar-refractivity contribution >= 4 is 0 Å². The molecule has 0 aliphatic rings. The lowest BCUT2D eigenvalue weighted by Gasteiger charge is -2.34. The quantitative estimate of drug-likeness (QED) is 0.877. The fourth-order valence-electron chi connectivity index (χ4n) is 2.17. The Morgan fingerprint density at radius 2 is 1.72 bits per heavy atom. The minimum atomic E-state index is 0.00714. The molecule has 2 heteroatoms. The molecular formula is C16H27NO. The molecule has 0 saturated heterocycles. The molecule has 2 nitrogen and oxygen atoms in total. The summed E-state index contributed by atoms with van der Waals surface area (Å²) in [4.78, 5) is 0. The topological polar surface area (TPSA) is 35.2 Å². The molecule has 0 aromatic heterocycles. The van der Waals surface area contributed by atoms with E-state index in [0.717, 1.165) is 5.75 Å². The molecule has 2 atom stereocenters. The third-order valence-corrected chi connectivity index (χ3v) is 3.12. The summed E-state index contributed by atoms with van der Waals surface area (Å²) < 4.78 is 6.11. The molecule has 1 rings (SSSR count). The smallest absolute Gasteiger partial charge is 0.120 e. The maximum absolute atomic E-state index is 6.11. The van der Waals surface area contributed by atoms with E-state index >= 15 is 0 Å². The van der Waals surface area contributed by atoms with Crippen molar-refractivity contribution in [2.24, 2.45) is 11.1 Å². The van der Waals surface area contributed by atoms with Gasteiger partial charge in [-0.3, -0.25) is 0 Å². The van der Waals surface area contributed by atoms with Crippen molar-refractivity contribution in [1.29, 1.82) is 0 Å². The lowest BCUT2D eigenvalue weighted by molar-refractivity contribution is 0.0683. The SMILES string of the molecule is CC(C)c1cccc(OC(C(C)N)C(C)(C)C)c1. The monoisotopic (exact) mass is 249 g/mol. The van der Waals surface area contributed by atoms with Gasteiger partial charge in [0.25, 0.3) is 0 Å². The molecule has 0 saturated carbocycles. The van der Waals surface area contributed by atoms with Gasteiger partial charge in [0.1, 0.15) is 11.9 Å². The summed E-state index contributed by atoms with van der Waals surface area (Å²) in [7, 11) is 0. The van der Waals surface area contributed by atoms with Crippen LogP contribution in [0.1, 0.15) is 53.0 Å². The highest BCUT2D eigenvalue weighted by atomic mass is 16.5. The van der Waals surface area contributed by atoms with Crippen LogP contribution in [0.4, 0.5) is 0 Å². The van der Waals surface area contributed by atoms with E-state index in [2.05, 4.69) is 46.8 Å². The average molecular weight is 249 g/mol. The van der Waals surface area contributed by atoms with Crippen LogP contribution in [0.5, 0.6) is 5.75 Å². The number of benzene rings is 1. The van der Waals surface area contributed by atoms with Gasteiger partial charge in [-0.2, -0.15) is 0 Å². The van der Waals surface area contributed by atoms with E-state index in [9.17, 15) is 0 Å². The first-order valence-electron chi connectivity index (χ1n) is 6.74. The summed E-state index contributed by atoms with van der Waals surface area (Å²) in [5.74, 6) is 1.43. The van der Waals surface area contributed by atoms with Crippen molar-refractivity contribution in [3.8, 4) is 5.75 Å². The lowest BCUT2D eigenvalue weighted by Crippen LogP contribution is -2.45. The minimum absolute atomic E-state index is 0.00714. The van der Waals surface area contributed by atoms with Gasteiger partial charge in [-0.25, -0.2) is 0 Å². The fraction of sp³-hybridized carbons (Fsp3) is 0.625. The summed E-state index contributed by atoms with van der Waals surface area (Å²) in [6, 6.07) is 8.31. The van der Waals surface area contributed by atoms with E-state index in [0.29, 0.717) is 5.92 Å². The summed E-state index contributed by atoms with van der Waals surface area (Å²) >= 11 is 0. The first-order chi connectivity index (χ1) is 8.21. The van der Waals surface area contributed by atoms with Gasteiger partial charge >= 0.3 is 0 Å². The number of hydrogen-bond acceptors (Lipinski definition) is 2. The predicted molar refractivity (Wildman–Crippen MR) is 78.1 cm³/mol. The second-order valence-corrected chi connectivity index (χ2v) is 6.49. The van der Waals surface area contributed by atoms with Crippen LogP contribution in [0, 0.1) is 5.41 Å². The third kappa shape index (κ3) is 4.02. The Morgan fingerprint density at radius 1 is 1.11 bits per heavy atom. The van der Waals surface area contributed by atoms with Crippen LogP contribution in [0.3, 0.4) is 0 Å². The van der Waals surface area contributed by atoms with Crippen LogP contribution in [0.15, 0.2) is 24.3 Å². The Balaban J connectivity index is 2.91. The average Bonchev–Trinajstić information content (AvgIpc) is 2.24. The van der Waals surface area contributed by atoms with Gasteiger partial charge in [-0.15, -0.1) is 0 Å². The highest BCUT2D eigenvalue weighted by Crippen LogP contribution is 2.28. The van der Waals surface area contributed by atoms with Crippen LogP contribution in [-0.4, -0.2) is 12.1 Å². The Hall–Kier alpha value is -1.02. The summed E-state index contributed by atoms with van der Waals surface area (Å²) in [6.45, 7) is 12.9. The van der Waals surface area contributed by atoms with Crippen molar-refractivity contribution in [3.05, 3.63) is 29.8 Å². The largest absolute Gasteiger partial charge is 0.488 e. The van der Waals surface area contributed by atoms with E-state index in [1.54, 1.807) is 0 Å². The Kier molecular flexibility index (Phi) is 4.80. The van der Waals surface area contributed by atoms with Gasteiger partial charge in [0, 0.05) is 11.5 Å². The zero-order chi connectivity index (χ0) is 13.9. The molecule has 0 amide bonds. The number of nitrogens with two attached hydrogens (primary N) is 1. The van der Waals surface area contributed by atoms with Crippen LogP contribution in [0.2, 0.25) is 0 Å². The Morgan fingerprint density at radius 3 is 2.17 bits per heavy atom. The van der Waals surface area contributed by atoms with E-state index in [1.165, 1.54) is 5.56 Å². The standard InChI is InChI=1S/C16H27NO/c1-11(2)13-8-7-9-14(10-13)18-15(12(3)17)16(4,5)6/h7-12,15H,17H2,1-6H3. The van der Waals surface area contributed by atoms with Crippen molar-refractivity contribution in [2.75, 3.05) is 0 Å².